The fourth-order valence-electron chi connectivity index (χ4n) is 2.84. The standard InChI is InChI=1S/C15H31N3O2/c1-6-7-16-15(3,14(19)20-5)12-13(2)18-10-8-17(4)9-11-18/h13,16H,6-12H2,1-5H3. The van der Waals surface area contributed by atoms with Crippen LogP contribution in [0.5, 0.6) is 0 Å². The fourth-order valence-corrected chi connectivity index (χ4v) is 2.84. The summed E-state index contributed by atoms with van der Waals surface area (Å²) in [6.45, 7) is 11.4. The monoisotopic (exact) mass is 285 g/mol. The molecule has 1 aliphatic heterocycles. The van der Waals surface area contributed by atoms with Crippen molar-refractivity contribution in [3.8, 4) is 0 Å². The minimum absolute atomic E-state index is 0.160. The molecule has 20 heavy (non-hydrogen) atoms. The molecule has 0 aliphatic carbocycles. The lowest BCUT2D eigenvalue weighted by Gasteiger charge is -2.40. The second-order valence-corrected chi connectivity index (χ2v) is 6.14. The van der Waals surface area contributed by atoms with Gasteiger partial charge >= 0.3 is 5.97 Å². The number of hydrogen-bond acceptors (Lipinski definition) is 5. The summed E-state index contributed by atoms with van der Waals surface area (Å²) in [6, 6.07) is 0.372. The maximum absolute atomic E-state index is 12.1. The van der Waals surface area contributed by atoms with Gasteiger partial charge in [0.1, 0.15) is 5.54 Å². The summed E-state index contributed by atoms with van der Waals surface area (Å²) in [5, 5.41) is 3.36. The highest BCUT2D eigenvalue weighted by Crippen LogP contribution is 2.19. The number of methoxy groups -OCH3 is 1. The smallest absolute Gasteiger partial charge is 0.325 e. The van der Waals surface area contributed by atoms with E-state index in [0.29, 0.717) is 6.04 Å². The fraction of sp³-hybridized carbons (Fsp3) is 0.933. The summed E-state index contributed by atoms with van der Waals surface area (Å²) in [5.74, 6) is -0.160. The van der Waals surface area contributed by atoms with Crippen molar-refractivity contribution in [2.45, 2.75) is 45.2 Å². The number of piperazine rings is 1. The molecular weight excluding hydrogens is 254 g/mol. The second kappa shape index (κ2) is 7.96. The highest BCUT2D eigenvalue weighted by molar-refractivity contribution is 5.80. The SMILES string of the molecule is CCCNC(C)(CC(C)N1CCN(C)CC1)C(=O)OC. The lowest BCUT2D eigenvalue weighted by molar-refractivity contribution is -0.148. The van der Waals surface area contributed by atoms with Crippen LogP contribution in [-0.2, 0) is 9.53 Å². The molecule has 1 aliphatic rings. The van der Waals surface area contributed by atoms with E-state index in [0.717, 1.165) is 45.6 Å². The third-order valence-electron chi connectivity index (χ3n) is 4.27. The van der Waals surface area contributed by atoms with Crippen LogP contribution in [-0.4, -0.2) is 74.2 Å². The van der Waals surface area contributed by atoms with Gasteiger partial charge in [-0.3, -0.25) is 9.69 Å². The second-order valence-electron chi connectivity index (χ2n) is 6.14. The molecule has 0 aromatic heterocycles. The van der Waals surface area contributed by atoms with Gasteiger partial charge in [0.25, 0.3) is 0 Å². The molecule has 2 atom stereocenters. The molecular formula is C15H31N3O2. The molecule has 0 spiro atoms. The lowest BCUT2D eigenvalue weighted by atomic mass is 9.92. The average molecular weight is 285 g/mol. The van der Waals surface area contributed by atoms with Crippen LogP contribution in [0.3, 0.4) is 0 Å². The molecule has 5 heteroatoms. The molecule has 1 heterocycles. The number of nitrogens with one attached hydrogen (secondary N) is 1. The Morgan fingerprint density at radius 2 is 1.95 bits per heavy atom. The van der Waals surface area contributed by atoms with Crippen LogP contribution in [0.4, 0.5) is 0 Å². The molecule has 1 saturated heterocycles. The Morgan fingerprint density at radius 3 is 2.45 bits per heavy atom. The first kappa shape index (κ1) is 17.4. The van der Waals surface area contributed by atoms with Gasteiger partial charge in [0, 0.05) is 32.2 Å². The Labute approximate surface area is 123 Å². The Kier molecular flexibility index (Phi) is 6.92. The minimum atomic E-state index is -0.590. The van der Waals surface area contributed by atoms with Crippen molar-refractivity contribution >= 4 is 5.97 Å². The summed E-state index contributed by atoms with van der Waals surface area (Å²) >= 11 is 0. The van der Waals surface area contributed by atoms with E-state index >= 15 is 0 Å². The molecule has 0 saturated carbocycles. The van der Waals surface area contributed by atoms with Gasteiger partial charge in [-0.1, -0.05) is 6.92 Å². The Hall–Kier alpha value is -0.650. The van der Waals surface area contributed by atoms with Gasteiger partial charge in [-0.05, 0) is 40.3 Å². The highest BCUT2D eigenvalue weighted by atomic mass is 16.5. The molecule has 118 valence electrons. The van der Waals surface area contributed by atoms with Gasteiger partial charge in [-0.15, -0.1) is 0 Å². The number of rotatable bonds is 7. The van der Waals surface area contributed by atoms with E-state index in [4.69, 9.17) is 4.74 Å². The van der Waals surface area contributed by atoms with Gasteiger partial charge in [-0.2, -0.15) is 0 Å². The van der Waals surface area contributed by atoms with Crippen molar-refractivity contribution in [1.29, 1.82) is 0 Å². The first-order valence-corrected chi connectivity index (χ1v) is 7.69. The normalized spacial score (nSPS) is 22.2. The molecule has 0 radical (unpaired) electrons. The van der Waals surface area contributed by atoms with Gasteiger partial charge in [-0.25, -0.2) is 0 Å². The highest BCUT2D eigenvalue weighted by Gasteiger charge is 2.36. The molecule has 5 nitrogen and oxygen atoms in total. The number of likely N-dealkylation sites (N-methyl/N-ethyl adjacent to an activating group) is 1. The number of carbonyl (C=O) groups excluding carboxylic acids is 1. The van der Waals surface area contributed by atoms with E-state index in [1.54, 1.807) is 0 Å². The van der Waals surface area contributed by atoms with Crippen molar-refractivity contribution in [2.24, 2.45) is 0 Å². The minimum Gasteiger partial charge on any atom is -0.468 e. The van der Waals surface area contributed by atoms with E-state index in [2.05, 4.69) is 36.0 Å². The molecule has 2 unspecified atom stereocenters. The van der Waals surface area contributed by atoms with E-state index in [-0.39, 0.29) is 5.97 Å². The van der Waals surface area contributed by atoms with Crippen molar-refractivity contribution < 1.29 is 9.53 Å². The van der Waals surface area contributed by atoms with Crippen LogP contribution in [0.15, 0.2) is 0 Å². The zero-order chi connectivity index (χ0) is 15.2. The molecule has 0 bridgehead atoms. The van der Waals surface area contributed by atoms with Crippen LogP contribution in [0, 0.1) is 0 Å². The van der Waals surface area contributed by atoms with Crippen LogP contribution in [0.1, 0.15) is 33.6 Å². The van der Waals surface area contributed by atoms with Crippen LogP contribution >= 0.6 is 0 Å². The van der Waals surface area contributed by atoms with E-state index in [9.17, 15) is 4.79 Å². The van der Waals surface area contributed by atoms with Crippen molar-refractivity contribution in [1.82, 2.24) is 15.1 Å². The van der Waals surface area contributed by atoms with E-state index < -0.39 is 5.54 Å². The molecule has 0 aromatic rings. The average Bonchev–Trinajstić information content (AvgIpc) is 2.44. The topological polar surface area (TPSA) is 44.8 Å². The molecule has 0 amide bonds. The Bertz CT molecular complexity index is 303. The predicted molar refractivity (Wildman–Crippen MR) is 81.9 cm³/mol. The largest absolute Gasteiger partial charge is 0.468 e. The summed E-state index contributed by atoms with van der Waals surface area (Å²) in [7, 11) is 3.62. The maximum atomic E-state index is 12.1. The number of carbonyl (C=O) groups is 1. The summed E-state index contributed by atoms with van der Waals surface area (Å²) in [4.78, 5) is 16.9. The predicted octanol–water partition coefficient (Wildman–Crippen LogP) is 0.944. The van der Waals surface area contributed by atoms with Gasteiger partial charge < -0.3 is 15.0 Å². The molecule has 1 fully saturated rings. The van der Waals surface area contributed by atoms with Gasteiger partial charge in [0.15, 0.2) is 0 Å². The van der Waals surface area contributed by atoms with Gasteiger partial charge in [0.2, 0.25) is 0 Å². The van der Waals surface area contributed by atoms with Crippen LogP contribution < -0.4 is 5.32 Å². The van der Waals surface area contributed by atoms with E-state index in [1.165, 1.54) is 7.11 Å². The number of nitrogens with zero attached hydrogens (tertiary/aromatic N) is 2. The summed E-state index contributed by atoms with van der Waals surface area (Å²) < 4.78 is 4.99. The number of ether oxygens (including phenoxy) is 1. The number of esters is 1. The lowest BCUT2D eigenvalue weighted by Crippen LogP contribution is -2.56. The quantitative estimate of drug-likeness (QED) is 0.706. The zero-order valence-electron chi connectivity index (χ0n) is 13.7. The Balaban J connectivity index is 2.61. The van der Waals surface area contributed by atoms with Crippen molar-refractivity contribution in [3.05, 3.63) is 0 Å². The molecule has 1 N–H and O–H groups in total. The maximum Gasteiger partial charge on any atom is 0.325 e. The Morgan fingerprint density at radius 1 is 1.35 bits per heavy atom. The first-order chi connectivity index (χ1) is 9.42. The first-order valence-electron chi connectivity index (χ1n) is 7.69. The molecule has 1 rings (SSSR count). The summed E-state index contributed by atoms with van der Waals surface area (Å²) in [6.07, 6.45) is 1.79. The molecule has 0 aromatic carbocycles. The summed E-state index contributed by atoms with van der Waals surface area (Å²) in [5.41, 5.74) is -0.590. The van der Waals surface area contributed by atoms with Crippen molar-refractivity contribution in [3.63, 3.8) is 0 Å². The zero-order valence-corrected chi connectivity index (χ0v) is 13.7. The number of hydrogen-bond donors (Lipinski definition) is 1. The van der Waals surface area contributed by atoms with E-state index in [1.807, 2.05) is 6.92 Å². The third-order valence-corrected chi connectivity index (χ3v) is 4.27. The van der Waals surface area contributed by atoms with Crippen LogP contribution in [0.25, 0.3) is 0 Å². The van der Waals surface area contributed by atoms with Crippen LogP contribution in [0.2, 0.25) is 0 Å². The van der Waals surface area contributed by atoms with Crippen molar-refractivity contribution in [2.75, 3.05) is 46.9 Å². The van der Waals surface area contributed by atoms with Gasteiger partial charge in [0.05, 0.1) is 7.11 Å². The third kappa shape index (κ3) is 4.72.